The van der Waals surface area contributed by atoms with E-state index in [2.05, 4.69) is 6.92 Å². The fraction of sp³-hybridized carbons (Fsp3) is 0.682. The Morgan fingerprint density at radius 2 is 2.00 bits per heavy atom. The molecule has 0 aromatic carbocycles. The third-order valence-electron chi connectivity index (χ3n) is 7.94. The fourth-order valence-electron chi connectivity index (χ4n) is 6.04. The van der Waals surface area contributed by atoms with E-state index in [9.17, 15) is 19.5 Å². The zero-order valence-corrected chi connectivity index (χ0v) is 16.3. The van der Waals surface area contributed by atoms with Crippen molar-refractivity contribution in [1.82, 2.24) is 0 Å². The molecule has 27 heavy (non-hydrogen) atoms. The van der Waals surface area contributed by atoms with Crippen molar-refractivity contribution in [2.75, 3.05) is 0 Å². The number of fused-ring (bicyclic) bond motifs is 5. The van der Waals surface area contributed by atoms with Gasteiger partial charge < -0.3 is 9.84 Å². The normalized spacial score (nSPS) is 45.6. The maximum absolute atomic E-state index is 13.1. The minimum Gasteiger partial charge on any atom is -0.462 e. The smallest absolute Gasteiger partial charge is 0.305 e. The highest BCUT2D eigenvalue weighted by molar-refractivity contribution is 6.03. The summed E-state index contributed by atoms with van der Waals surface area (Å²) in [5.74, 6) is -0.959. The molecule has 4 aliphatic carbocycles. The molecule has 0 aromatic rings. The number of carbonyl (C=O) groups excluding carboxylic acids is 3. The lowest BCUT2D eigenvalue weighted by Crippen LogP contribution is -2.63. The molecule has 0 aliphatic heterocycles. The van der Waals surface area contributed by atoms with Gasteiger partial charge in [0.25, 0.3) is 0 Å². The van der Waals surface area contributed by atoms with Crippen LogP contribution in [0.1, 0.15) is 59.3 Å². The Kier molecular flexibility index (Phi) is 4.05. The lowest BCUT2D eigenvalue weighted by molar-refractivity contribution is -0.170. The second-order valence-corrected chi connectivity index (χ2v) is 9.18. The monoisotopic (exact) mass is 372 g/mol. The van der Waals surface area contributed by atoms with E-state index in [-0.39, 0.29) is 35.0 Å². The van der Waals surface area contributed by atoms with Crippen molar-refractivity contribution in [3.63, 3.8) is 0 Å². The molecule has 0 spiro atoms. The molecule has 0 bridgehead atoms. The first-order valence-electron chi connectivity index (χ1n) is 10.1. The first-order chi connectivity index (χ1) is 12.7. The number of carbonyl (C=O) groups is 3. The van der Waals surface area contributed by atoms with Crippen LogP contribution in [0.3, 0.4) is 0 Å². The van der Waals surface area contributed by atoms with E-state index >= 15 is 0 Å². The molecule has 2 fully saturated rings. The second kappa shape index (κ2) is 5.87. The highest BCUT2D eigenvalue weighted by Gasteiger charge is 2.67. The Hall–Kier alpha value is -1.75. The fourth-order valence-corrected chi connectivity index (χ4v) is 6.04. The van der Waals surface area contributed by atoms with Gasteiger partial charge in [0.2, 0.25) is 0 Å². The molecule has 1 N–H and O–H groups in total. The summed E-state index contributed by atoms with van der Waals surface area (Å²) >= 11 is 0. The van der Waals surface area contributed by atoms with E-state index in [0.717, 1.165) is 24.8 Å². The van der Waals surface area contributed by atoms with Crippen molar-refractivity contribution in [2.24, 2.45) is 22.7 Å². The molecule has 5 heteroatoms. The minimum atomic E-state index is -1.40. The van der Waals surface area contributed by atoms with Gasteiger partial charge in [-0.1, -0.05) is 19.4 Å². The van der Waals surface area contributed by atoms with Crippen LogP contribution < -0.4 is 0 Å². The molecule has 0 heterocycles. The molecular weight excluding hydrogens is 344 g/mol. The van der Waals surface area contributed by atoms with Gasteiger partial charge in [-0.2, -0.15) is 0 Å². The van der Waals surface area contributed by atoms with E-state index in [1.807, 2.05) is 0 Å². The molecule has 0 amide bonds. The lowest BCUT2D eigenvalue weighted by atomic mass is 9.46. The molecule has 146 valence electrons. The standard InChI is InChI=1S/C22H28O5/c1-4-18(25)27-14-5-8-20(2)13(11-14)12-16(23)19-15(20)6-9-21(3)17(24)7-10-22(19,21)26/h7,10,12,14-15,19,26H,4-6,8-9,11H2,1-3H3/t14-,15-,19-,20-,21+,22-/m0/s1. The summed E-state index contributed by atoms with van der Waals surface area (Å²) in [6, 6.07) is 0. The second-order valence-electron chi connectivity index (χ2n) is 9.18. The molecule has 0 radical (unpaired) electrons. The van der Waals surface area contributed by atoms with Gasteiger partial charge in [0.15, 0.2) is 11.6 Å². The molecule has 0 saturated heterocycles. The summed E-state index contributed by atoms with van der Waals surface area (Å²) in [4.78, 5) is 37.2. The number of aliphatic hydroxyl groups is 1. The van der Waals surface area contributed by atoms with Crippen LogP contribution in [0.2, 0.25) is 0 Å². The van der Waals surface area contributed by atoms with Crippen molar-refractivity contribution < 1.29 is 24.2 Å². The third kappa shape index (κ3) is 2.36. The Labute approximate surface area is 159 Å². The van der Waals surface area contributed by atoms with E-state index in [0.29, 0.717) is 19.3 Å². The molecule has 6 atom stereocenters. The number of rotatable bonds is 2. The average Bonchev–Trinajstić information content (AvgIpc) is 2.87. The average molecular weight is 372 g/mol. The number of hydrogen-bond acceptors (Lipinski definition) is 5. The summed E-state index contributed by atoms with van der Waals surface area (Å²) in [5, 5.41) is 11.5. The highest BCUT2D eigenvalue weighted by atomic mass is 16.5. The molecule has 0 unspecified atom stereocenters. The number of hydrogen-bond donors (Lipinski definition) is 1. The Bertz CT molecular complexity index is 780. The van der Waals surface area contributed by atoms with Crippen molar-refractivity contribution in [1.29, 1.82) is 0 Å². The Balaban J connectivity index is 1.69. The van der Waals surface area contributed by atoms with Crippen LogP contribution in [0.15, 0.2) is 23.8 Å². The predicted molar refractivity (Wildman–Crippen MR) is 98.6 cm³/mol. The van der Waals surface area contributed by atoms with Gasteiger partial charge in [0.05, 0.1) is 11.3 Å². The first-order valence-corrected chi connectivity index (χ1v) is 10.1. The van der Waals surface area contributed by atoms with Crippen LogP contribution in [0.5, 0.6) is 0 Å². The van der Waals surface area contributed by atoms with E-state index in [4.69, 9.17) is 4.74 Å². The van der Waals surface area contributed by atoms with Crippen LogP contribution in [0, 0.1) is 22.7 Å². The van der Waals surface area contributed by atoms with E-state index in [1.165, 1.54) is 6.08 Å². The molecule has 0 aromatic heterocycles. The van der Waals surface area contributed by atoms with Crippen LogP contribution in [0.25, 0.3) is 0 Å². The first kappa shape index (κ1) is 18.6. The van der Waals surface area contributed by atoms with Gasteiger partial charge in [-0.05, 0) is 62.2 Å². The molecule has 2 saturated carbocycles. The molecule has 4 rings (SSSR count). The highest BCUT2D eigenvalue weighted by Crippen LogP contribution is 2.63. The number of allylic oxidation sites excluding steroid dienone is 2. The topological polar surface area (TPSA) is 80.7 Å². The summed E-state index contributed by atoms with van der Waals surface area (Å²) in [6.07, 6.45) is 8.38. The summed E-state index contributed by atoms with van der Waals surface area (Å²) in [7, 11) is 0. The zero-order valence-electron chi connectivity index (χ0n) is 16.3. The largest absolute Gasteiger partial charge is 0.462 e. The Morgan fingerprint density at radius 3 is 2.70 bits per heavy atom. The zero-order chi connectivity index (χ0) is 19.6. The minimum absolute atomic E-state index is 0.00134. The Morgan fingerprint density at radius 1 is 1.26 bits per heavy atom. The van der Waals surface area contributed by atoms with Crippen LogP contribution >= 0.6 is 0 Å². The maximum atomic E-state index is 13.1. The van der Waals surface area contributed by atoms with Gasteiger partial charge >= 0.3 is 5.97 Å². The summed E-state index contributed by atoms with van der Waals surface area (Å²) in [6.45, 7) is 5.74. The lowest BCUT2D eigenvalue weighted by Gasteiger charge is -2.58. The summed E-state index contributed by atoms with van der Waals surface area (Å²) in [5.41, 5.74) is -1.47. The van der Waals surface area contributed by atoms with E-state index in [1.54, 1.807) is 26.0 Å². The van der Waals surface area contributed by atoms with E-state index < -0.39 is 16.9 Å². The molecular formula is C22H28O5. The molecule has 5 nitrogen and oxygen atoms in total. The van der Waals surface area contributed by atoms with Crippen molar-refractivity contribution in [3.05, 3.63) is 23.8 Å². The number of ketones is 2. The third-order valence-corrected chi connectivity index (χ3v) is 7.94. The van der Waals surface area contributed by atoms with Gasteiger partial charge in [-0.3, -0.25) is 14.4 Å². The molecule has 4 aliphatic rings. The maximum Gasteiger partial charge on any atom is 0.305 e. The van der Waals surface area contributed by atoms with Gasteiger partial charge in [0, 0.05) is 12.8 Å². The van der Waals surface area contributed by atoms with Crippen LogP contribution in [0.4, 0.5) is 0 Å². The summed E-state index contributed by atoms with van der Waals surface area (Å²) < 4.78 is 5.53. The van der Waals surface area contributed by atoms with Crippen molar-refractivity contribution in [2.45, 2.75) is 71.0 Å². The number of ether oxygens (including phenoxy) is 1. The van der Waals surface area contributed by atoms with Crippen molar-refractivity contribution in [3.8, 4) is 0 Å². The SMILES string of the molecule is CCC(=O)O[C@H]1CC[C@@]2(C)C(=CC(=O)[C@@H]3[C@@H]2CC[C@]2(C)C(=O)C=C[C@]32O)C1. The quantitative estimate of drug-likeness (QED) is 0.754. The van der Waals surface area contributed by atoms with Crippen molar-refractivity contribution >= 4 is 17.5 Å². The van der Waals surface area contributed by atoms with Crippen LogP contribution in [-0.2, 0) is 19.1 Å². The van der Waals surface area contributed by atoms with Crippen LogP contribution in [-0.4, -0.2) is 34.3 Å². The van der Waals surface area contributed by atoms with Gasteiger partial charge in [-0.15, -0.1) is 0 Å². The van der Waals surface area contributed by atoms with Gasteiger partial charge in [-0.25, -0.2) is 0 Å². The number of esters is 1. The van der Waals surface area contributed by atoms with Gasteiger partial charge in [0.1, 0.15) is 11.7 Å². The predicted octanol–water partition coefficient (Wildman–Crippen LogP) is 2.91.